The molecule has 1 spiro atoms. The van der Waals surface area contributed by atoms with Crippen molar-refractivity contribution in [3.8, 4) is 0 Å². The summed E-state index contributed by atoms with van der Waals surface area (Å²) < 4.78 is 12.5. The van der Waals surface area contributed by atoms with Gasteiger partial charge in [0.05, 0.1) is 12.5 Å². The fourth-order valence-corrected chi connectivity index (χ4v) is 6.12. The van der Waals surface area contributed by atoms with Crippen LogP contribution in [-0.2, 0) is 23.9 Å². The first kappa shape index (κ1) is 24.9. The van der Waals surface area contributed by atoms with Crippen molar-refractivity contribution in [3.63, 3.8) is 0 Å². The minimum atomic E-state index is -1.25. The number of hydrogen-bond acceptors (Lipinski definition) is 6. The first-order valence-electron chi connectivity index (χ1n) is 12.9. The molecule has 8 heteroatoms. The van der Waals surface area contributed by atoms with Gasteiger partial charge in [0, 0.05) is 26.2 Å². The van der Waals surface area contributed by atoms with Crippen LogP contribution < -0.4 is 0 Å². The average Bonchev–Trinajstić information content (AvgIpc) is 3.19. The van der Waals surface area contributed by atoms with Gasteiger partial charge in [0.25, 0.3) is 0 Å². The van der Waals surface area contributed by atoms with Gasteiger partial charge in [-0.05, 0) is 38.5 Å². The predicted octanol–water partition coefficient (Wildman–Crippen LogP) is 2.21. The van der Waals surface area contributed by atoms with E-state index in [0.29, 0.717) is 32.5 Å². The lowest BCUT2D eigenvalue weighted by Crippen LogP contribution is -2.56. The number of unbranched alkanes of at least 4 members (excludes halogenated alkanes) is 1. The molecule has 0 aromatic carbocycles. The summed E-state index contributed by atoms with van der Waals surface area (Å²) in [6.45, 7) is 5.53. The third-order valence-corrected chi connectivity index (χ3v) is 7.81. The topological polar surface area (TPSA) is 96.4 Å². The Morgan fingerprint density at radius 1 is 1.03 bits per heavy atom. The second-order valence-corrected chi connectivity index (χ2v) is 9.84. The van der Waals surface area contributed by atoms with E-state index in [1.165, 1.54) is 0 Å². The van der Waals surface area contributed by atoms with Crippen molar-refractivity contribution < 1.29 is 29.0 Å². The third-order valence-electron chi connectivity index (χ3n) is 7.81. The van der Waals surface area contributed by atoms with Crippen LogP contribution in [0.3, 0.4) is 0 Å². The number of nitrogens with zero attached hydrogens (tertiary/aromatic N) is 2. The first-order valence-corrected chi connectivity index (χ1v) is 12.9. The number of aliphatic hydroxyl groups excluding tert-OH is 1. The molecule has 4 aliphatic heterocycles. The molecule has 188 valence electrons. The summed E-state index contributed by atoms with van der Waals surface area (Å²) in [5.74, 6) is -2.53. The summed E-state index contributed by atoms with van der Waals surface area (Å²) in [5, 5.41) is 9.47. The van der Waals surface area contributed by atoms with Crippen molar-refractivity contribution in [2.45, 2.75) is 76.0 Å². The van der Waals surface area contributed by atoms with Crippen molar-refractivity contribution in [2.24, 2.45) is 11.8 Å². The van der Waals surface area contributed by atoms with E-state index in [0.717, 1.165) is 32.1 Å². The van der Waals surface area contributed by atoms with Crippen LogP contribution in [0.15, 0.2) is 24.3 Å². The summed E-state index contributed by atoms with van der Waals surface area (Å²) in [5.41, 5.74) is -2.26. The Kier molecular flexibility index (Phi) is 7.48. The van der Waals surface area contributed by atoms with Crippen LogP contribution in [-0.4, -0.2) is 82.8 Å². The number of carbonyl (C=O) groups is 3. The zero-order chi connectivity index (χ0) is 24.3. The Hall–Kier alpha value is -2.19. The maximum absolute atomic E-state index is 14.0. The van der Waals surface area contributed by atoms with Crippen LogP contribution in [0.25, 0.3) is 0 Å². The molecule has 5 atom stereocenters. The Morgan fingerprint density at radius 3 is 2.59 bits per heavy atom. The summed E-state index contributed by atoms with van der Waals surface area (Å²) in [4.78, 5) is 44.7. The second kappa shape index (κ2) is 10.2. The van der Waals surface area contributed by atoms with Crippen LogP contribution >= 0.6 is 0 Å². The van der Waals surface area contributed by atoms with E-state index in [4.69, 9.17) is 9.47 Å². The summed E-state index contributed by atoms with van der Waals surface area (Å²) in [6.07, 6.45) is 12.9. The van der Waals surface area contributed by atoms with Gasteiger partial charge in [0.1, 0.15) is 23.2 Å². The number of fused-ring (bicyclic) bond motifs is 2. The van der Waals surface area contributed by atoms with Crippen molar-refractivity contribution >= 4 is 17.8 Å². The van der Waals surface area contributed by atoms with E-state index in [9.17, 15) is 19.5 Å². The number of allylic oxidation sites excluding steroid dienone is 1. The molecule has 0 radical (unpaired) electrons. The highest BCUT2D eigenvalue weighted by molar-refractivity contribution is 5.99. The molecule has 4 heterocycles. The molecule has 4 aliphatic rings. The monoisotopic (exact) mass is 474 g/mol. The maximum Gasteiger partial charge on any atom is 0.313 e. The summed E-state index contributed by atoms with van der Waals surface area (Å²) in [7, 11) is 0. The van der Waals surface area contributed by atoms with Gasteiger partial charge in [-0.2, -0.15) is 0 Å². The number of rotatable bonds is 7. The van der Waals surface area contributed by atoms with Crippen molar-refractivity contribution in [1.29, 1.82) is 0 Å². The number of carbonyl (C=O) groups excluding carboxylic acids is 3. The predicted molar refractivity (Wildman–Crippen MR) is 126 cm³/mol. The molecular weight excluding hydrogens is 436 g/mol. The van der Waals surface area contributed by atoms with Crippen molar-refractivity contribution in [1.82, 2.24) is 9.80 Å². The molecule has 0 saturated carbocycles. The minimum Gasteiger partial charge on any atom is -0.465 e. The number of amides is 2. The normalized spacial score (nSPS) is 36.6. The SMILES string of the molecule is CCCCN1CC=C[C@]23O[C@]4(CC)/C=C\CCCCOC(=O)[C@@H]4[C@H]2C(=O)N(CCCO)C3C1=O. The van der Waals surface area contributed by atoms with Crippen molar-refractivity contribution in [2.75, 3.05) is 32.8 Å². The van der Waals surface area contributed by atoms with Gasteiger partial charge in [0.15, 0.2) is 0 Å². The molecule has 1 unspecified atom stereocenters. The van der Waals surface area contributed by atoms with Crippen LogP contribution in [0.2, 0.25) is 0 Å². The number of hydrogen-bond donors (Lipinski definition) is 1. The fraction of sp³-hybridized carbons (Fsp3) is 0.731. The lowest BCUT2D eigenvalue weighted by Gasteiger charge is -2.38. The van der Waals surface area contributed by atoms with Gasteiger partial charge >= 0.3 is 5.97 Å². The number of ether oxygens (including phenoxy) is 2. The standard InChI is InChI=1S/C26H38N2O6/c1-3-5-14-27-15-10-13-26-19(22(30)28(16-11-17-29)21(26)23(27)31)20-24(32)33-18-9-7-6-8-12-25(20,4-2)34-26/h8,10,12-13,19-21,29H,3-7,9,11,14-18H2,1-2H3/b12-8-/t19-,20-,21?,25+,26-/m0/s1. The molecule has 2 saturated heterocycles. The molecule has 1 N–H and O–H groups in total. The van der Waals surface area contributed by atoms with Crippen LogP contribution in [0, 0.1) is 11.8 Å². The van der Waals surface area contributed by atoms with E-state index in [1.807, 2.05) is 31.2 Å². The Balaban J connectivity index is 1.84. The highest BCUT2D eigenvalue weighted by Crippen LogP contribution is 2.58. The van der Waals surface area contributed by atoms with Gasteiger partial charge in [-0.25, -0.2) is 0 Å². The summed E-state index contributed by atoms with van der Waals surface area (Å²) >= 11 is 0. The van der Waals surface area contributed by atoms with E-state index in [1.54, 1.807) is 9.80 Å². The Bertz CT molecular complexity index is 856. The molecular formula is C26H38N2O6. The van der Waals surface area contributed by atoms with Gasteiger partial charge in [0.2, 0.25) is 11.8 Å². The zero-order valence-corrected chi connectivity index (χ0v) is 20.4. The number of esters is 1. The molecule has 0 aromatic heterocycles. The fourth-order valence-electron chi connectivity index (χ4n) is 6.12. The second-order valence-electron chi connectivity index (χ2n) is 9.84. The molecule has 2 fully saturated rings. The quantitative estimate of drug-likeness (QED) is 0.449. The zero-order valence-electron chi connectivity index (χ0n) is 20.4. The Labute approximate surface area is 201 Å². The van der Waals surface area contributed by atoms with Crippen LogP contribution in [0.5, 0.6) is 0 Å². The van der Waals surface area contributed by atoms with Gasteiger partial charge in [-0.1, -0.05) is 44.6 Å². The van der Waals surface area contributed by atoms with Crippen molar-refractivity contribution in [3.05, 3.63) is 24.3 Å². The molecule has 0 bridgehead atoms. The van der Waals surface area contributed by atoms with Gasteiger partial charge in [-0.15, -0.1) is 0 Å². The minimum absolute atomic E-state index is 0.0916. The molecule has 0 aliphatic carbocycles. The number of likely N-dealkylation sites (tertiary alicyclic amines) is 1. The lowest BCUT2D eigenvalue weighted by atomic mass is 9.73. The first-order chi connectivity index (χ1) is 16.5. The third kappa shape index (κ3) is 3.98. The van der Waals surface area contributed by atoms with E-state index in [2.05, 4.69) is 6.92 Å². The average molecular weight is 475 g/mol. The van der Waals surface area contributed by atoms with E-state index >= 15 is 0 Å². The van der Waals surface area contributed by atoms with Gasteiger partial charge < -0.3 is 24.4 Å². The molecule has 8 nitrogen and oxygen atoms in total. The highest BCUT2D eigenvalue weighted by atomic mass is 16.6. The molecule has 34 heavy (non-hydrogen) atoms. The van der Waals surface area contributed by atoms with Gasteiger partial charge in [-0.3, -0.25) is 14.4 Å². The Morgan fingerprint density at radius 2 is 1.85 bits per heavy atom. The summed E-state index contributed by atoms with van der Waals surface area (Å²) in [6, 6.07) is -0.866. The maximum atomic E-state index is 14.0. The van der Waals surface area contributed by atoms with Crippen LogP contribution in [0.1, 0.15) is 58.8 Å². The van der Waals surface area contributed by atoms with Crippen LogP contribution in [0.4, 0.5) is 0 Å². The highest BCUT2D eigenvalue weighted by Gasteiger charge is 2.75. The lowest BCUT2D eigenvalue weighted by molar-refractivity contribution is -0.161. The number of cyclic esters (lactones) is 1. The largest absolute Gasteiger partial charge is 0.465 e. The van der Waals surface area contributed by atoms with E-state index in [-0.39, 0.29) is 25.0 Å². The molecule has 0 aromatic rings. The molecule has 2 amide bonds. The smallest absolute Gasteiger partial charge is 0.313 e. The molecule has 4 rings (SSSR count). The van der Waals surface area contributed by atoms with E-state index < -0.39 is 35.0 Å². The number of aliphatic hydroxyl groups is 1.